The Hall–Kier alpha value is -2.61. The molecule has 35 heavy (non-hydrogen) atoms. The van der Waals surface area contributed by atoms with Crippen molar-refractivity contribution in [2.75, 3.05) is 6.61 Å². The highest BCUT2D eigenvalue weighted by Crippen LogP contribution is 2.28. The predicted molar refractivity (Wildman–Crippen MR) is 150 cm³/mol. The summed E-state index contributed by atoms with van der Waals surface area (Å²) < 4.78 is 5.92. The molecule has 2 nitrogen and oxygen atoms in total. The number of ether oxygens (including phenoxy) is 1. The van der Waals surface area contributed by atoms with Gasteiger partial charge in [-0.1, -0.05) is 115 Å². The van der Waals surface area contributed by atoms with E-state index < -0.39 is 0 Å². The van der Waals surface area contributed by atoms with Crippen LogP contribution in [0, 0.1) is 0 Å². The molecule has 0 aliphatic rings. The van der Waals surface area contributed by atoms with Crippen molar-refractivity contribution in [3.05, 3.63) is 83.7 Å². The van der Waals surface area contributed by atoms with E-state index in [1.807, 2.05) is 0 Å². The van der Waals surface area contributed by atoms with Crippen LogP contribution < -0.4 is 4.74 Å². The zero-order chi connectivity index (χ0) is 24.7. The molecular weight excluding hydrogens is 426 g/mol. The first-order valence-electron chi connectivity index (χ1n) is 14.0. The molecule has 1 unspecified atom stereocenters. The summed E-state index contributed by atoms with van der Waals surface area (Å²) in [6, 6.07) is 21.9. The molecule has 0 fully saturated rings. The molecule has 0 saturated heterocycles. The third-order valence-corrected chi connectivity index (χ3v) is 7.00. The monoisotopic (exact) mass is 471 g/mol. The maximum absolute atomic E-state index is 5.92. The highest BCUT2D eigenvalue weighted by molar-refractivity contribution is 5.64. The molecule has 1 atom stereocenters. The van der Waals surface area contributed by atoms with Gasteiger partial charge in [0.2, 0.25) is 0 Å². The first-order valence-corrected chi connectivity index (χ1v) is 14.0. The van der Waals surface area contributed by atoms with Gasteiger partial charge in [-0.3, -0.25) is 4.98 Å². The zero-order valence-corrected chi connectivity index (χ0v) is 22.3. The van der Waals surface area contributed by atoms with E-state index >= 15 is 0 Å². The Morgan fingerprint density at radius 1 is 0.629 bits per heavy atom. The van der Waals surface area contributed by atoms with E-state index in [2.05, 4.69) is 87.6 Å². The van der Waals surface area contributed by atoms with E-state index in [4.69, 9.17) is 9.72 Å². The zero-order valence-electron chi connectivity index (χ0n) is 22.3. The third kappa shape index (κ3) is 9.17. The number of rotatable bonds is 16. The number of pyridine rings is 1. The molecule has 0 aliphatic carbocycles. The van der Waals surface area contributed by atoms with Gasteiger partial charge in [-0.15, -0.1) is 0 Å². The summed E-state index contributed by atoms with van der Waals surface area (Å²) in [4.78, 5) is 4.74. The Kier molecular flexibility index (Phi) is 11.9. The van der Waals surface area contributed by atoms with Gasteiger partial charge in [0.15, 0.2) is 0 Å². The van der Waals surface area contributed by atoms with Crippen molar-refractivity contribution in [3.63, 3.8) is 0 Å². The van der Waals surface area contributed by atoms with Crippen molar-refractivity contribution < 1.29 is 4.74 Å². The molecule has 0 bridgehead atoms. The van der Waals surface area contributed by atoms with Gasteiger partial charge < -0.3 is 4.74 Å². The number of aryl methyl sites for hydroxylation is 1. The second-order valence-electron chi connectivity index (χ2n) is 9.88. The standard InChI is InChI=1S/C33H45NO/c1-4-6-8-10-12-14-32-22-19-31(26-34-32)27(3)28-15-17-29(18-16-28)30-20-23-33(24-21-30)35-25-13-11-9-7-5-2/h15-24,26-27H,4-14,25H2,1-3H3. The van der Waals surface area contributed by atoms with Gasteiger partial charge >= 0.3 is 0 Å². The number of unbranched alkanes of at least 4 members (excludes halogenated alkanes) is 8. The van der Waals surface area contributed by atoms with Crippen LogP contribution in [0.3, 0.4) is 0 Å². The predicted octanol–water partition coefficient (Wildman–Crippen LogP) is 9.76. The molecule has 3 aromatic rings. The van der Waals surface area contributed by atoms with Crippen molar-refractivity contribution in [1.82, 2.24) is 4.98 Å². The Balaban J connectivity index is 1.49. The lowest BCUT2D eigenvalue weighted by atomic mass is 9.92. The maximum atomic E-state index is 5.92. The first kappa shape index (κ1) is 27.0. The smallest absolute Gasteiger partial charge is 0.119 e. The van der Waals surface area contributed by atoms with Crippen LogP contribution in [-0.4, -0.2) is 11.6 Å². The molecule has 188 valence electrons. The van der Waals surface area contributed by atoms with Gasteiger partial charge in [0.05, 0.1) is 6.61 Å². The molecule has 1 heterocycles. The van der Waals surface area contributed by atoms with Gasteiger partial charge in [-0.05, 0) is 59.7 Å². The number of hydrogen-bond donors (Lipinski definition) is 0. The van der Waals surface area contributed by atoms with Gasteiger partial charge in [-0.2, -0.15) is 0 Å². The first-order chi connectivity index (χ1) is 17.2. The fraction of sp³-hybridized carbons (Fsp3) is 0.485. The summed E-state index contributed by atoms with van der Waals surface area (Å²) in [6.45, 7) is 7.59. The Bertz CT molecular complexity index is 944. The summed E-state index contributed by atoms with van der Waals surface area (Å²) in [5.74, 6) is 1.30. The average molecular weight is 472 g/mol. The van der Waals surface area contributed by atoms with Crippen LogP contribution in [0.1, 0.15) is 108 Å². The van der Waals surface area contributed by atoms with E-state index in [0.29, 0.717) is 5.92 Å². The molecule has 0 aliphatic heterocycles. The van der Waals surface area contributed by atoms with E-state index in [1.54, 1.807) is 0 Å². The lowest BCUT2D eigenvalue weighted by molar-refractivity contribution is 0.304. The SMILES string of the molecule is CCCCCCCOc1ccc(-c2ccc(C(C)c3ccc(CCCCCCC)nc3)cc2)cc1. The molecule has 0 N–H and O–H groups in total. The molecule has 0 saturated carbocycles. The largest absolute Gasteiger partial charge is 0.494 e. The fourth-order valence-electron chi connectivity index (χ4n) is 4.55. The fourth-order valence-corrected chi connectivity index (χ4v) is 4.55. The lowest BCUT2D eigenvalue weighted by Crippen LogP contribution is -1.99. The van der Waals surface area contributed by atoms with Crippen molar-refractivity contribution in [2.24, 2.45) is 0 Å². The van der Waals surface area contributed by atoms with Crippen molar-refractivity contribution in [3.8, 4) is 16.9 Å². The van der Waals surface area contributed by atoms with Gasteiger partial charge in [0, 0.05) is 17.8 Å². The highest BCUT2D eigenvalue weighted by Gasteiger charge is 2.10. The quantitative estimate of drug-likeness (QED) is 0.194. The number of nitrogens with zero attached hydrogens (tertiary/aromatic N) is 1. The van der Waals surface area contributed by atoms with Gasteiger partial charge in [-0.25, -0.2) is 0 Å². The Morgan fingerprint density at radius 2 is 1.20 bits per heavy atom. The van der Waals surface area contributed by atoms with Crippen molar-refractivity contribution in [1.29, 1.82) is 0 Å². The molecular formula is C33H45NO. The minimum Gasteiger partial charge on any atom is -0.494 e. The molecule has 1 aromatic heterocycles. The summed E-state index contributed by atoms with van der Waals surface area (Å²) >= 11 is 0. The summed E-state index contributed by atoms with van der Waals surface area (Å²) in [5.41, 5.74) is 6.29. The van der Waals surface area contributed by atoms with Gasteiger partial charge in [0.1, 0.15) is 5.75 Å². The van der Waals surface area contributed by atoms with Crippen LogP contribution in [0.15, 0.2) is 66.9 Å². The normalized spacial score (nSPS) is 12.0. The van der Waals surface area contributed by atoms with E-state index in [0.717, 1.165) is 25.2 Å². The highest BCUT2D eigenvalue weighted by atomic mass is 16.5. The molecule has 2 aromatic carbocycles. The minimum absolute atomic E-state index is 0.336. The second kappa shape index (κ2) is 15.4. The van der Waals surface area contributed by atoms with E-state index in [-0.39, 0.29) is 0 Å². The van der Waals surface area contributed by atoms with Crippen molar-refractivity contribution >= 4 is 0 Å². The van der Waals surface area contributed by atoms with E-state index in [1.165, 1.54) is 85.7 Å². The van der Waals surface area contributed by atoms with Crippen LogP contribution in [0.4, 0.5) is 0 Å². The molecule has 0 spiro atoms. The van der Waals surface area contributed by atoms with Crippen LogP contribution >= 0.6 is 0 Å². The summed E-state index contributed by atoms with van der Waals surface area (Å²) in [5, 5.41) is 0. The molecule has 0 amide bonds. The molecule has 3 rings (SSSR count). The number of hydrogen-bond acceptors (Lipinski definition) is 2. The minimum atomic E-state index is 0.336. The lowest BCUT2D eigenvalue weighted by Gasteiger charge is -2.14. The van der Waals surface area contributed by atoms with Crippen molar-refractivity contribution in [2.45, 2.75) is 97.3 Å². The Labute approximate surface area is 214 Å². The summed E-state index contributed by atoms with van der Waals surface area (Å²) in [7, 11) is 0. The number of benzene rings is 2. The Morgan fingerprint density at radius 3 is 1.80 bits per heavy atom. The van der Waals surface area contributed by atoms with E-state index in [9.17, 15) is 0 Å². The van der Waals surface area contributed by atoms with Crippen LogP contribution in [0.2, 0.25) is 0 Å². The van der Waals surface area contributed by atoms with Crippen LogP contribution in [0.5, 0.6) is 5.75 Å². The molecule has 2 heteroatoms. The molecule has 0 radical (unpaired) electrons. The third-order valence-electron chi connectivity index (χ3n) is 7.00. The van der Waals surface area contributed by atoms with Crippen LogP contribution in [0.25, 0.3) is 11.1 Å². The average Bonchev–Trinajstić information content (AvgIpc) is 2.91. The van der Waals surface area contributed by atoms with Gasteiger partial charge in [0.25, 0.3) is 0 Å². The second-order valence-corrected chi connectivity index (χ2v) is 9.88. The number of aromatic nitrogens is 1. The van der Waals surface area contributed by atoms with Crippen LogP contribution in [-0.2, 0) is 6.42 Å². The topological polar surface area (TPSA) is 22.1 Å². The maximum Gasteiger partial charge on any atom is 0.119 e. The summed E-state index contributed by atoms with van der Waals surface area (Å²) in [6.07, 6.45) is 16.0.